The number of carbonyl (C=O) groups is 3. The molecule has 9 heteroatoms. The summed E-state index contributed by atoms with van der Waals surface area (Å²) in [5.41, 5.74) is 13.4. The van der Waals surface area contributed by atoms with Crippen molar-refractivity contribution in [3.8, 4) is 0 Å². The normalized spacial score (nSPS) is 12.7. The smallest absolute Gasteiger partial charge is 0.253 e. The van der Waals surface area contributed by atoms with Crippen molar-refractivity contribution in [3.05, 3.63) is 70.0 Å². The first-order valence-corrected chi connectivity index (χ1v) is 14.1. The Bertz CT molecular complexity index is 1160. The number of aryl methyl sites for hydroxylation is 1. The first-order chi connectivity index (χ1) is 18.9. The lowest BCUT2D eigenvalue weighted by atomic mass is 9.99. The van der Waals surface area contributed by atoms with E-state index in [9.17, 15) is 23.9 Å². The van der Waals surface area contributed by atoms with Crippen LogP contribution in [0.25, 0.3) is 0 Å². The molecule has 2 aromatic rings. The molecule has 0 fully saturated rings. The van der Waals surface area contributed by atoms with Crippen molar-refractivity contribution in [2.75, 3.05) is 26.2 Å². The van der Waals surface area contributed by atoms with E-state index in [1.165, 1.54) is 29.2 Å². The molecular weight excluding hydrogens is 511 g/mol. The molecule has 0 aromatic heterocycles. The Kier molecular flexibility index (Phi) is 12.7. The first kappa shape index (κ1) is 32.9. The Balaban J connectivity index is 2.36. The van der Waals surface area contributed by atoms with Gasteiger partial charge in [0, 0.05) is 48.9 Å². The topological polar surface area (TPSA) is 130 Å². The van der Waals surface area contributed by atoms with E-state index in [1.54, 1.807) is 24.0 Å². The van der Waals surface area contributed by atoms with E-state index in [0.29, 0.717) is 37.2 Å². The van der Waals surface area contributed by atoms with Gasteiger partial charge in [0.1, 0.15) is 5.82 Å². The van der Waals surface area contributed by atoms with Crippen LogP contribution in [0.2, 0.25) is 0 Å². The van der Waals surface area contributed by atoms with E-state index in [4.69, 9.17) is 11.5 Å². The summed E-state index contributed by atoms with van der Waals surface area (Å²) in [7, 11) is 0. The lowest BCUT2D eigenvalue weighted by Gasteiger charge is -2.29. The van der Waals surface area contributed by atoms with Crippen molar-refractivity contribution in [1.29, 1.82) is 0 Å². The van der Waals surface area contributed by atoms with Crippen LogP contribution in [-0.4, -0.2) is 71.0 Å². The molecule has 220 valence electrons. The summed E-state index contributed by atoms with van der Waals surface area (Å²) < 4.78 is 14.0. The standard InChI is InChI=1S/C31H45FN4O4/c1-6-11-35(12-7-2)30(39)24-16-23(29(34)38)17-25(18-24)31(40)36(13-10-20(3)4)19-28(37)27(33)15-22-9-8-21(5)26(32)14-22/h8-9,14,16-18,20,27-28,37H,6-7,10-13,15,19,33H2,1-5H3,(H2,34,38)/t27-,28+/m0/s1. The summed E-state index contributed by atoms with van der Waals surface area (Å²) in [5, 5.41) is 11.0. The second-order valence-corrected chi connectivity index (χ2v) is 10.9. The zero-order valence-corrected chi connectivity index (χ0v) is 24.5. The van der Waals surface area contributed by atoms with Gasteiger partial charge in [-0.2, -0.15) is 0 Å². The number of amides is 3. The Morgan fingerprint density at radius 1 is 0.900 bits per heavy atom. The Hall–Kier alpha value is -3.30. The van der Waals surface area contributed by atoms with Crippen LogP contribution in [-0.2, 0) is 6.42 Å². The minimum atomic E-state index is -1.09. The maximum absolute atomic E-state index is 14.0. The van der Waals surface area contributed by atoms with Gasteiger partial charge in [0.2, 0.25) is 5.91 Å². The van der Waals surface area contributed by atoms with Gasteiger partial charge in [-0.05, 0) is 73.9 Å². The largest absolute Gasteiger partial charge is 0.390 e. The number of nitrogens with two attached hydrogens (primary N) is 2. The molecule has 2 rings (SSSR count). The van der Waals surface area contributed by atoms with Gasteiger partial charge in [0.05, 0.1) is 6.10 Å². The minimum Gasteiger partial charge on any atom is -0.390 e. The number of aliphatic hydroxyl groups is 1. The van der Waals surface area contributed by atoms with E-state index in [2.05, 4.69) is 0 Å². The fourth-order valence-electron chi connectivity index (χ4n) is 4.46. The molecule has 0 aliphatic rings. The lowest BCUT2D eigenvalue weighted by molar-refractivity contribution is 0.0563. The van der Waals surface area contributed by atoms with Crippen molar-refractivity contribution >= 4 is 17.7 Å². The number of aliphatic hydroxyl groups excluding tert-OH is 1. The Morgan fingerprint density at radius 2 is 1.45 bits per heavy atom. The highest BCUT2D eigenvalue weighted by Gasteiger charge is 2.26. The predicted molar refractivity (Wildman–Crippen MR) is 156 cm³/mol. The van der Waals surface area contributed by atoms with E-state index < -0.39 is 24.0 Å². The quantitative estimate of drug-likeness (QED) is 0.306. The van der Waals surface area contributed by atoms with Crippen LogP contribution >= 0.6 is 0 Å². The van der Waals surface area contributed by atoms with Crippen LogP contribution in [0, 0.1) is 18.7 Å². The van der Waals surface area contributed by atoms with Crippen LogP contribution in [0.5, 0.6) is 0 Å². The Morgan fingerprint density at radius 3 is 1.95 bits per heavy atom. The fraction of sp³-hybridized carbons (Fsp3) is 0.516. The molecule has 5 N–H and O–H groups in total. The third-order valence-electron chi connectivity index (χ3n) is 6.86. The van der Waals surface area contributed by atoms with Crippen LogP contribution in [0.15, 0.2) is 36.4 Å². The number of rotatable bonds is 15. The summed E-state index contributed by atoms with van der Waals surface area (Å²) >= 11 is 0. The van der Waals surface area contributed by atoms with E-state index in [1.807, 2.05) is 27.7 Å². The molecule has 0 radical (unpaired) electrons. The van der Waals surface area contributed by atoms with Gasteiger partial charge in [-0.3, -0.25) is 14.4 Å². The van der Waals surface area contributed by atoms with Crippen LogP contribution < -0.4 is 11.5 Å². The highest BCUT2D eigenvalue weighted by atomic mass is 19.1. The maximum atomic E-state index is 14.0. The third kappa shape index (κ3) is 9.41. The highest BCUT2D eigenvalue weighted by molar-refractivity contribution is 6.04. The van der Waals surface area contributed by atoms with Crippen molar-refractivity contribution < 1.29 is 23.9 Å². The summed E-state index contributed by atoms with van der Waals surface area (Å²) in [6.07, 6.45) is 1.34. The second kappa shape index (κ2) is 15.5. The first-order valence-electron chi connectivity index (χ1n) is 14.1. The molecule has 2 atom stereocenters. The molecule has 3 amide bonds. The Labute approximate surface area is 237 Å². The molecule has 40 heavy (non-hydrogen) atoms. The molecule has 0 aliphatic heterocycles. The molecular formula is C31H45FN4O4. The fourth-order valence-corrected chi connectivity index (χ4v) is 4.46. The number of benzene rings is 2. The average Bonchev–Trinajstić information content (AvgIpc) is 2.91. The molecule has 0 heterocycles. The number of hydrogen-bond donors (Lipinski definition) is 3. The number of nitrogens with zero attached hydrogens (tertiary/aromatic N) is 2. The van der Waals surface area contributed by atoms with Gasteiger partial charge in [0.25, 0.3) is 11.8 Å². The second-order valence-electron chi connectivity index (χ2n) is 10.9. The van der Waals surface area contributed by atoms with Crippen molar-refractivity contribution in [3.63, 3.8) is 0 Å². The monoisotopic (exact) mass is 556 g/mol. The number of carbonyl (C=O) groups excluding carboxylic acids is 3. The van der Waals surface area contributed by atoms with Crippen LogP contribution in [0.4, 0.5) is 4.39 Å². The van der Waals surface area contributed by atoms with Crippen LogP contribution in [0.3, 0.4) is 0 Å². The molecule has 0 aliphatic carbocycles. The van der Waals surface area contributed by atoms with Gasteiger partial charge in [-0.15, -0.1) is 0 Å². The average molecular weight is 557 g/mol. The summed E-state index contributed by atoms with van der Waals surface area (Å²) in [5.74, 6) is -1.53. The number of halogens is 1. The molecule has 0 saturated heterocycles. The number of hydrogen-bond acceptors (Lipinski definition) is 5. The third-order valence-corrected chi connectivity index (χ3v) is 6.86. The van der Waals surface area contributed by atoms with Gasteiger partial charge >= 0.3 is 0 Å². The van der Waals surface area contributed by atoms with Crippen molar-refractivity contribution in [1.82, 2.24) is 9.80 Å². The van der Waals surface area contributed by atoms with E-state index >= 15 is 0 Å². The molecule has 2 aromatic carbocycles. The maximum Gasteiger partial charge on any atom is 0.253 e. The van der Waals surface area contributed by atoms with Gasteiger partial charge in [0.15, 0.2) is 0 Å². The SMILES string of the molecule is CCCN(CCC)C(=O)c1cc(C(N)=O)cc(C(=O)N(CCC(C)C)C[C@@H](O)[C@@H](N)Cc2ccc(C)c(F)c2)c1. The molecule has 0 unspecified atom stereocenters. The zero-order valence-electron chi connectivity index (χ0n) is 24.5. The molecule has 0 bridgehead atoms. The molecule has 0 saturated carbocycles. The molecule has 0 spiro atoms. The number of primary amides is 1. The van der Waals surface area contributed by atoms with Gasteiger partial charge in [-0.1, -0.05) is 39.8 Å². The predicted octanol–water partition coefficient (Wildman–Crippen LogP) is 3.91. The summed E-state index contributed by atoms with van der Waals surface area (Å²) in [6.45, 7) is 11.0. The minimum absolute atomic E-state index is 0.0598. The summed E-state index contributed by atoms with van der Waals surface area (Å²) in [4.78, 5) is 42.4. The van der Waals surface area contributed by atoms with Gasteiger partial charge < -0.3 is 26.4 Å². The highest BCUT2D eigenvalue weighted by Crippen LogP contribution is 2.18. The van der Waals surface area contributed by atoms with E-state index in [0.717, 1.165) is 12.8 Å². The summed E-state index contributed by atoms with van der Waals surface area (Å²) in [6, 6.07) is 8.37. The van der Waals surface area contributed by atoms with E-state index in [-0.39, 0.29) is 47.3 Å². The zero-order chi connectivity index (χ0) is 30.0. The van der Waals surface area contributed by atoms with Crippen LogP contribution in [0.1, 0.15) is 89.2 Å². The van der Waals surface area contributed by atoms with Gasteiger partial charge in [-0.25, -0.2) is 4.39 Å². The van der Waals surface area contributed by atoms with Crippen molar-refractivity contribution in [2.24, 2.45) is 17.4 Å². The lowest BCUT2D eigenvalue weighted by Crippen LogP contribution is -2.47. The molecule has 8 nitrogen and oxygen atoms in total. The van der Waals surface area contributed by atoms with Crippen molar-refractivity contribution in [2.45, 2.75) is 72.4 Å².